The zero-order chi connectivity index (χ0) is 35.9. The Morgan fingerprint density at radius 3 is 2.50 bits per heavy atom. The van der Waals surface area contributed by atoms with Gasteiger partial charge < -0.3 is 41.0 Å². The van der Waals surface area contributed by atoms with Crippen molar-refractivity contribution < 1.29 is 28.8 Å². The Balaban J connectivity index is 1.30. The molecule has 4 amide bonds. The number of urea groups is 1. The Hall–Kier alpha value is -5.40. The zero-order valence-corrected chi connectivity index (χ0v) is 29.0. The molecule has 0 unspecified atom stereocenters. The fourth-order valence-corrected chi connectivity index (χ4v) is 5.91. The summed E-state index contributed by atoms with van der Waals surface area (Å²) in [5.41, 5.74) is 10.7. The molecule has 13 nitrogen and oxygen atoms in total. The van der Waals surface area contributed by atoms with Crippen molar-refractivity contribution in [1.82, 2.24) is 15.0 Å². The van der Waals surface area contributed by atoms with Gasteiger partial charge in [-0.2, -0.15) is 0 Å². The number of amides is 4. The number of carbonyl (C=O) groups excluding carboxylic acids is 3. The van der Waals surface area contributed by atoms with Crippen LogP contribution in [0.1, 0.15) is 46.8 Å². The maximum Gasteiger partial charge on any atom is 0.323 e. The number of nitrogens with zero attached hydrogens (tertiary/aromatic N) is 3. The van der Waals surface area contributed by atoms with Crippen LogP contribution in [0.3, 0.4) is 0 Å². The number of aromatic nitrogens is 1. The van der Waals surface area contributed by atoms with Gasteiger partial charge in [0, 0.05) is 42.4 Å². The largest absolute Gasteiger partial charge is 0.488 e. The molecule has 0 saturated carbocycles. The minimum absolute atomic E-state index is 0.0345. The molecule has 0 saturated heterocycles. The highest BCUT2D eigenvalue weighted by Crippen LogP contribution is 2.30. The molecule has 3 aromatic carbocycles. The van der Waals surface area contributed by atoms with E-state index in [-0.39, 0.29) is 42.9 Å². The molecule has 0 radical (unpaired) electrons. The van der Waals surface area contributed by atoms with E-state index in [1.165, 1.54) is 0 Å². The van der Waals surface area contributed by atoms with Gasteiger partial charge in [-0.1, -0.05) is 36.3 Å². The van der Waals surface area contributed by atoms with Crippen molar-refractivity contribution in [2.24, 2.45) is 5.92 Å². The summed E-state index contributed by atoms with van der Waals surface area (Å²) in [5.74, 6) is 0.562. The van der Waals surface area contributed by atoms with Crippen molar-refractivity contribution in [3.8, 4) is 5.75 Å². The number of nitrogens with two attached hydrogens (primary N) is 1. The number of anilines is 4. The van der Waals surface area contributed by atoms with Crippen LogP contribution in [0.2, 0.25) is 0 Å². The molecular formula is C37H45N7O6. The molecule has 1 aliphatic rings. The minimum atomic E-state index is -0.479. The van der Waals surface area contributed by atoms with Gasteiger partial charge in [0.2, 0.25) is 5.91 Å². The summed E-state index contributed by atoms with van der Waals surface area (Å²) in [6.07, 6.45) is -0.284. The number of likely N-dealkylation sites (N-methyl/N-ethyl adjacent to an activating group) is 1. The first kappa shape index (κ1) is 35.9. The number of aryl methyl sites for hydroxylation is 2. The molecule has 264 valence electrons. The van der Waals surface area contributed by atoms with Gasteiger partial charge in [0.05, 0.1) is 30.4 Å². The third-order valence-electron chi connectivity index (χ3n) is 8.82. The lowest BCUT2D eigenvalue weighted by atomic mass is 10.0. The van der Waals surface area contributed by atoms with E-state index in [9.17, 15) is 19.5 Å². The lowest BCUT2D eigenvalue weighted by Gasteiger charge is -2.34. The van der Waals surface area contributed by atoms with Gasteiger partial charge in [0.1, 0.15) is 23.2 Å². The third-order valence-corrected chi connectivity index (χ3v) is 8.82. The molecule has 6 N–H and O–H groups in total. The summed E-state index contributed by atoms with van der Waals surface area (Å²) < 4.78 is 11.8. The second-order valence-corrected chi connectivity index (χ2v) is 12.9. The number of aliphatic hydroxyl groups is 1. The van der Waals surface area contributed by atoms with Gasteiger partial charge in [0.25, 0.3) is 5.91 Å². The lowest BCUT2D eigenvalue weighted by molar-refractivity contribution is -0.134. The van der Waals surface area contributed by atoms with Gasteiger partial charge >= 0.3 is 6.03 Å². The predicted octanol–water partition coefficient (Wildman–Crippen LogP) is 5.05. The number of carbonyl (C=O) groups is 3. The van der Waals surface area contributed by atoms with Crippen LogP contribution >= 0.6 is 0 Å². The van der Waals surface area contributed by atoms with E-state index in [1.807, 2.05) is 45.2 Å². The van der Waals surface area contributed by atoms with E-state index in [1.54, 1.807) is 61.2 Å². The molecule has 50 heavy (non-hydrogen) atoms. The van der Waals surface area contributed by atoms with Crippen molar-refractivity contribution in [1.29, 1.82) is 0 Å². The Morgan fingerprint density at radius 1 is 1.08 bits per heavy atom. The first-order valence-electron chi connectivity index (χ1n) is 16.6. The number of aliphatic hydroxyl groups excluding tert-OH is 1. The highest BCUT2D eigenvalue weighted by molar-refractivity contribution is 6.05. The highest BCUT2D eigenvalue weighted by Gasteiger charge is 2.31. The van der Waals surface area contributed by atoms with Crippen LogP contribution in [-0.2, 0) is 17.8 Å². The Bertz CT molecular complexity index is 1810. The van der Waals surface area contributed by atoms with Gasteiger partial charge in [-0.25, -0.2) is 4.79 Å². The number of benzene rings is 3. The molecule has 0 fully saturated rings. The first-order chi connectivity index (χ1) is 23.9. The standard InChI is InChI=1S/C37H45N7O6/c1-22-18-44(23(2)21-45)34(46)17-28-16-29(39-37(48)41-35-24(3)42-50-25(35)4)14-15-32(28)49-33(22)20-43(5)19-26-10-12-27(13-11-26)36(47)40-31-9-7-6-8-30(31)38/h6-16,22-23,33,45H,17-21,38H2,1-5H3,(H,40,47)(H2,39,41,48)/t22-,23+,33+/m1/s1. The number of hydrogen-bond acceptors (Lipinski definition) is 9. The van der Waals surface area contributed by atoms with Crippen LogP contribution in [0.4, 0.5) is 27.5 Å². The summed E-state index contributed by atoms with van der Waals surface area (Å²) in [7, 11) is 1.99. The number of para-hydroxylation sites is 2. The highest BCUT2D eigenvalue weighted by atomic mass is 16.5. The molecule has 0 aliphatic carbocycles. The number of hydrogen-bond donors (Lipinski definition) is 5. The SMILES string of the molecule is Cc1noc(C)c1NC(=O)Nc1ccc2c(c1)CC(=O)N([C@@H](C)CO)C[C@@H](C)[C@H](CN(C)Cc1ccc(C(=O)Nc3ccccc3N)cc1)O2. The molecule has 1 aromatic heterocycles. The van der Waals surface area contributed by atoms with Crippen molar-refractivity contribution in [2.45, 2.75) is 52.8 Å². The normalized spacial score (nSPS) is 16.8. The van der Waals surface area contributed by atoms with E-state index in [4.69, 9.17) is 15.0 Å². The molecule has 0 spiro atoms. The average Bonchev–Trinajstić information content (AvgIpc) is 3.42. The predicted molar refractivity (Wildman–Crippen MR) is 192 cm³/mol. The number of fused-ring (bicyclic) bond motifs is 1. The Morgan fingerprint density at radius 2 is 1.82 bits per heavy atom. The molecule has 3 atom stereocenters. The second-order valence-electron chi connectivity index (χ2n) is 12.9. The van der Waals surface area contributed by atoms with Crippen LogP contribution in [0.5, 0.6) is 5.75 Å². The molecule has 5 rings (SSSR count). The third kappa shape index (κ3) is 8.79. The zero-order valence-electron chi connectivity index (χ0n) is 29.0. The van der Waals surface area contributed by atoms with Crippen LogP contribution in [0, 0.1) is 19.8 Å². The summed E-state index contributed by atoms with van der Waals surface area (Å²) in [6, 6.07) is 18.9. The average molecular weight is 684 g/mol. The molecule has 4 aromatic rings. The first-order valence-corrected chi connectivity index (χ1v) is 16.6. The van der Waals surface area contributed by atoms with E-state index >= 15 is 0 Å². The number of ether oxygens (including phenoxy) is 1. The van der Waals surface area contributed by atoms with E-state index in [0.29, 0.717) is 70.7 Å². The number of nitrogen functional groups attached to an aromatic ring is 1. The summed E-state index contributed by atoms with van der Waals surface area (Å²) >= 11 is 0. The Kier molecular flexibility index (Phi) is 11.4. The van der Waals surface area contributed by atoms with E-state index in [2.05, 4.69) is 26.0 Å². The number of nitrogens with one attached hydrogen (secondary N) is 3. The second kappa shape index (κ2) is 15.9. The van der Waals surface area contributed by atoms with Crippen molar-refractivity contribution in [2.75, 3.05) is 48.4 Å². The van der Waals surface area contributed by atoms with Crippen molar-refractivity contribution >= 4 is 40.6 Å². The fraction of sp³-hybridized carbons (Fsp3) is 0.351. The van der Waals surface area contributed by atoms with E-state index < -0.39 is 6.03 Å². The van der Waals surface area contributed by atoms with Gasteiger partial charge in [-0.15, -0.1) is 0 Å². The van der Waals surface area contributed by atoms with Gasteiger partial charge in [-0.3, -0.25) is 14.5 Å². The smallest absolute Gasteiger partial charge is 0.323 e. The lowest BCUT2D eigenvalue weighted by Crippen LogP contribution is -2.47. The summed E-state index contributed by atoms with van der Waals surface area (Å²) in [5, 5.41) is 22.3. The van der Waals surface area contributed by atoms with Crippen LogP contribution in [-0.4, -0.2) is 76.8 Å². The molecule has 2 heterocycles. The molecule has 0 bridgehead atoms. The van der Waals surface area contributed by atoms with E-state index in [0.717, 1.165) is 5.56 Å². The topological polar surface area (TPSA) is 175 Å². The molecule has 13 heteroatoms. The quantitative estimate of drug-likeness (QED) is 0.143. The monoisotopic (exact) mass is 683 g/mol. The maximum absolute atomic E-state index is 13.6. The summed E-state index contributed by atoms with van der Waals surface area (Å²) in [4.78, 5) is 43.1. The number of rotatable bonds is 10. The van der Waals surface area contributed by atoms with Gasteiger partial charge in [0.15, 0.2) is 5.76 Å². The minimum Gasteiger partial charge on any atom is -0.488 e. The maximum atomic E-state index is 13.6. The fourth-order valence-electron chi connectivity index (χ4n) is 5.91. The van der Waals surface area contributed by atoms with Gasteiger partial charge in [-0.05, 0) is 75.8 Å². The summed E-state index contributed by atoms with van der Waals surface area (Å²) in [6.45, 7) is 8.65. The van der Waals surface area contributed by atoms with Crippen molar-refractivity contribution in [3.63, 3.8) is 0 Å². The molecular weight excluding hydrogens is 638 g/mol. The Labute approximate surface area is 291 Å². The van der Waals surface area contributed by atoms with Crippen LogP contribution < -0.4 is 26.4 Å². The van der Waals surface area contributed by atoms with Crippen LogP contribution in [0.25, 0.3) is 0 Å². The van der Waals surface area contributed by atoms with Crippen molar-refractivity contribution in [3.05, 3.63) is 94.9 Å². The molecule has 1 aliphatic heterocycles. The van der Waals surface area contributed by atoms with Crippen LogP contribution in [0.15, 0.2) is 71.3 Å².